The third-order valence-electron chi connectivity index (χ3n) is 2.98. The summed E-state index contributed by atoms with van der Waals surface area (Å²) in [6.07, 6.45) is 0. The minimum absolute atomic E-state index is 0.131. The molecular weight excluding hydrogens is 276 g/mol. The van der Waals surface area contributed by atoms with Gasteiger partial charge in [0.25, 0.3) is 5.89 Å². The molecule has 0 fully saturated rings. The largest absolute Gasteiger partial charge is 0.334 e. The van der Waals surface area contributed by atoms with Crippen LogP contribution in [0, 0.1) is 11.6 Å². The van der Waals surface area contributed by atoms with Gasteiger partial charge in [0.05, 0.1) is 0 Å². The van der Waals surface area contributed by atoms with Crippen LogP contribution in [-0.4, -0.2) is 10.1 Å². The van der Waals surface area contributed by atoms with E-state index >= 15 is 0 Å². The Morgan fingerprint density at radius 2 is 1.62 bits per heavy atom. The molecule has 0 aliphatic rings. The minimum Gasteiger partial charge on any atom is -0.334 e. The van der Waals surface area contributed by atoms with Crippen molar-refractivity contribution in [2.24, 2.45) is 5.73 Å². The van der Waals surface area contributed by atoms with Crippen LogP contribution in [0.15, 0.2) is 47.0 Å². The molecule has 2 N–H and O–H groups in total. The molecule has 0 radical (unpaired) electrons. The zero-order valence-corrected chi connectivity index (χ0v) is 10.9. The minimum atomic E-state index is -0.691. The first-order chi connectivity index (χ1) is 10.2. The smallest absolute Gasteiger partial charge is 0.258 e. The third kappa shape index (κ3) is 2.80. The van der Waals surface area contributed by atoms with E-state index in [1.165, 1.54) is 0 Å². The van der Waals surface area contributed by atoms with Crippen LogP contribution < -0.4 is 5.73 Å². The Morgan fingerprint density at radius 3 is 2.24 bits per heavy atom. The van der Waals surface area contributed by atoms with E-state index in [1.54, 1.807) is 12.1 Å². The predicted octanol–water partition coefficient (Wildman–Crippen LogP) is 3.14. The van der Waals surface area contributed by atoms with E-state index in [0.29, 0.717) is 12.1 Å². The van der Waals surface area contributed by atoms with E-state index in [0.717, 1.165) is 23.8 Å². The Kier molecular flexibility index (Phi) is 3.45. The molecule has 6 heteroatoms. The van der Waals surface area contributed by atoms with Crippen LogP contribution in [0.5, 0.6) is 0 Å². The highest BCUT2D eigenvalue weighted by molar-refractivity contribution is 5.60. The third-order valence-corrected chi connectivity index (χ3v) is 2.98. The zero-order chi connectivity index (χ0) is 14.8. The van der Waals surface area contributed by atoms with Crippen molar-refractivity contribution in [1.29, 1.82) is 0 Å². The van der Waals surface area contributed by atoms with E-state index in [2.05, 4.69) is 10.1 Å². The first kappa shape index (κ1) is 13.4. The molecule has 0 saturated heterocycles. The fourth-order valence-electron chi connectivity index (χ4n) is 1.92. The second kappa shape index (κ2) is 5.41. The molecule has 3 aromatic rings. The number of nitrogens with two attached hydrogens (primary N) is 1. The second-order valence-corrected chi connectivity index (χ2v) is 4.48. The molecule has 106 valence electrons. The lowest BCUT2D eigenvalue weighted by Crippen LogP contribution is -1.95. The summed E-state index contributed by atoms with van der Waals surface area (Å²) in [6, 6.07) is 10.4. The number of nitrogens with zero attached hydrogens (tertiary/aromatic N) is 2. The first-order valence-electron chi connectivity index (χ1n) is 6.25. The zero-order valence-electron chi connectivity index (χ0n) is 10.9. The van der Waals surface area contributed by atoms with E-state index in [-0.39, 0.29) is 17.3 Å². The quantitative estimate of drug-likeness (QED) is 0.803. The summed E-state index contributed by atoms with van der Waals surface area (Å²) in [5, 5.41) is 3.74. The molecule has 2 aromatic carbocycles. The van der Waals surface area contributed by atoms with Crippen LogP contribution in [0.25, 0.3) is 22.8 Å². The van der Waals surface area contributed by atoms with Gasteiger partial charge in [-0.05, 0) is 29.8 Å². The topological polar surface area (TPSA) is 64.9 Å². The van der Waals surface area contributed by atoms with E-state index in [9.17, 15) is 8.78 Å². The van der Waals surface area contributed by atoms with Crippen molar-refractivity contribution < 1.29 is 13.3 Å². The van der Waals surface area contributed by atoms with Gasteiger partial charge in [0.2, 0.25) is 5.82 Å². The van der Waals surface area contributed by atoms with Gasteiger partial charge >= 0.3 is 0 Å². The maximum atomic E-state index is 13.2. The fourth-order valence-corrected chi connectivity index (χ4v) is 1.92. The van der Waals surface area contributed by atoms with Crippen molar-refractivity contribution in [3.8, 4) is 22.8 Å². The van der Waals surface area contributed by atoms with Gasteiger partial charge in [-0.25, -0.2) is 8.78 Å². The Morgan fingerprint density at radius 1 is 0.952 bits per heavy atom. The van der Waals surface area contributed by atoms with Crippen molar-refractivity contribution in [3.63, 3.8) is 0 Å². The lowest BCUT2D eigenvalue weighted by Gasteiger charge is -1.97. The molecule has 21 heavy (non-hydrogen) atoms. The molecule has 0 unspecified atom stereocenters. The van der Waals surface area contributed by atoms with E-state index < -0.39 is 11.6 Å². The monoisotopic (exact) mass is 287 g/mol. The molecular formula is C15H11F2N3O. The summed E-state index contributed by atoms with van der Waals surface area (Å²) in [7, 11) is 0. The Bertz CT molecular complexity index is 749. The Hall–Kier alpha value is -2.60. The maximum absolute atomic E-state index is 13.2. The Labute approximate surface area is 119 Å². The molecule has 0 atom stereocenters. The highest BCUT2D eigenvalue weighted by Crippen LogP contribution is 2.23. The lowest BCUT2D eigenvalue weighted by molar-refractivity contribution is 0.432. The normalized spacial score (nSPS) is 10.8. The van der Waals surface area contributed by atoms with Crippen molar-refractivity contribution in [2.75, 3.05) is 0 Å². The average molecular weight is 287 g/mol. The van der Waals surface area contributed by atoms with Gasteiger partial charge in [-0.3, -0.25) is 0 Å². The molecule has 4 nitrogen and oxygen atoms in total. The highest BCUT2D eigenvalue weighted by Gasteiger charge is 2.12. The van der Waals surface area contributed by atoms with Crippen LogP contribution >= 0.6 is 0 Å². The van der Waals surface area contributed by atoms with Gasteiger partial charge in [0, 0.05) is 23.7 Å². The van der Waals surface area contributed by atoms with Gasteiger partial charge < -0.3 is 10.3 Å². The van der Waals surface area contributed by atoms with Crippen LogP contribution in [0.3, 0.4) is 0 Å². The molecule has 0 aliphatic carbocycles. The van der Waals surface area contributed by atoms with Crippen molar-refractivity contribution in [2.45, 2.75) is 6.54 Å². The summed E-state index contributed by atoms with van der Waals surface area (Å²) in [5.41, 5.74) is 7.44. The molecule has 3 rings (SSSR count). The van der Waals surface area contributed by atoms with Crippen LogP contribution in [0.4, 0.5) is 8.78 Å². The predicted molar refractivity (Wildman–Crippen MR) is 73.0 cm³/mol. The summed E-state index contributed by atoms with van der Waals surface area (Å²) >= 11 is 0. The summed E-state index contributed by atoms with van der Waals surface area (Å²) in [6.45, 7) is 0.442. The van der Waals surface area contributed by atoms with Crippen molar-refractivity contribution >= 4 is 0 Å². The number of rotatable bonds is 3. The van der Waals surface area contributed by atoms with Crippen LogP contribution in [0.1, 0.15) is 5.56 Å². The summed E-state index contributed by atoms with van der Waals surface area (Å²) < 4.78 is 31.5. The lowest BCUT2D eigenvalue weighted by atomic mass is 10.1. The molecule has 0 amide bonds. The number of aromatic nitrogens is 2. The molecule has 0 saturated carbocycles. The van der Waals surface area contributed by atoms with Gasteiger partial charge in [0.15, 0.2) is 0 Å². The number of benzene rings is 2. The fraction of sp³-hybridized carbons (Fsp3) is 0.0667. The first-order valence-corrected chi connectivity index (χ1v) is 6.25. The van der Waals surface area contributed by atoms with E-state index in [4.69, 9.17) is 10.3 Å². The number of hydrogen-bond acceptors (Lipinski definition) is 4. The van der Waals surface area contributed by atoms with Gasteiger partial charge in [-0.1, -0.05) is 17.3 Å². The number of hydrogen-bond donors (Lipinski definition) is 1. The maximum Gasteiger partial charge on any atom is 0.258 e. The van der Waals surface area contributed by atoms with Gasteiger partial charge in [-0.2, -0.15) is 4.98 Å². The van der Waals surface area contributed by atoms with E-state index in [1.807, 2.05) is 12.1 Å². The highest BCUT2D eigenvalue weighted by atomic mass is 19.1. The van der Waals surface area contributed by atoms with Gasteiger partial charge in [0.1, 0.15) is 11.6 Å². The molecule has 0 bridgehead atoms. The Balaban J connectivity index is 1.95. The standard InChI is InChI=1S/C15H11F2N3O/c16-12-5-11(6-13(17)7-12)14-19-15(21-20-14)10-3-1-9(8-18)2-4-10/h1-7H,8,18H2. The molecule has 0 spiro atoms. The molecule has 0 aliphatic heterocycles. The summed E-state index contributed by atoms with van der Waals surface area (Å²) in [4.78, 5) is 4.15. The molecule has 1 aromatic heterocycles. The van der Waals surface area contributed by atoms with Gasteiger partial charge in [-0.15, -0.1) is 0 Å². The van der Waals surface area contributed by atoms with Crippen LogP contribution in [0.2, 0.25) is 0 Å². The second-order valence-electron chi connectivity index (χ2n) is 4.48. The number of halogens is 2. The average Bonchev–Trinajstić information content (AvgIpc) is 2.96. The summed E-state index contributed by atoms with van der Waals surface area (Å²) in [5.74, 6) is -0.975. The molecule has 1 heterocycles. The van der Waals surface area contributed by atoms with Crippen molar-refractivity contribution in [3.05, 3.63) is 59.7 Å². The SMILES string of the molecule is NCc1ccc(-c2nc(-c3cc(F)cc(F)c3)no2)cc1. The van der Waals surface area contributed by atoms with Crippen LogP contribution in [-0.2, 0) is 6.54 Å². The van der Waals surface area contributed by atoms with Crippen molar-refractivity contribution in [1.82, 2.24) is 10.1 Å².